The van der Waals surface area contributed by atoms with Gasteiger partial charge in [-0.1, -0.05) is 39.8 Å². The second kappa shape index (κ2) is 9.16. The molecule has 25 heavy (non-hydrogen) atoms. The molecule has 5 heteroatoms. The lowest BCUT2D eigenvalue weighted by atomic mass is 10.0. The molecular weight excluding hydrogens is 312 g/mol. The van der Waals surface area contributed by atoms with Crippen LogP contribution in [0.2, 0.25) is 0 Å². The monoisotopic (exact) mass is 340 g/mol. The van der Waals surface area contributed by atoms with Gasteiger partial charge in [-0.3, -0.25) is 4.79 Å². The van der Waals surface area contributed by atoms with Crippen molar-refractivity contribution < 1.29 is 4.79 Å². The maximum atomic E-state index is 12.5. The summed E-state index contributed by atoms with van der Waals surface area (Å²) in [6, 6.07) is 8.26. The average Bonchev–Trinajstić information content (AvgIpc) is 2.62. The van der Waals surface area contributed by atoms with E-state index in [1.165, 1.54) is 5.56 Å². The number of hydrogen-bond acceptors (Lipinski definition) is 4. The van der Waals surface area contributed by atoms with Gasteiger partial charge in [-0.2, -0.15) is 0 Å². The first-order chi connectivity index (χ1) is 12.0. The van der Waals surface area contributed by atoms with Gasteiger partial charge in [0.2, 0.25) is 0 Å². The Hall–Kier alpha value is -2.43. The second-order valence-electron chi connectivity index (χ2n) is 6.48. The van der Waals surface area contributed by atoms with Crippen molar-refractivity contribution in [2.45, 2.75) is 46.5 Å². The Morgan fingerprint density at radius 2 is 1.68 bits per heavy atom. The number of hydrogen-bond donors (Lipinski definition) is 1. The van der Waals surface area contributed by atoms with E-state index in [4.69, 9.17) is 0 Å². The van der Waals surface area contributed by atoms with Crippen molar-refractivity contribution in [2.75, 3.05) is 18.4 Å². The Bertz CT molecular complexity index is 659. The standard InChI is InChI=1S/C20H28N4O/c1-5-11-24(12-6-2)20(25)18-13-22-19(14-21-18)23-17-9-7-16(8-10-17)15(3)4/h7-10,13-15H,5-6,11-12H2,1-4H3,(H,22,23). The third-order valence-electron chi connectivity index (χ3n) is 3.99. The van der Waals surface area contributed by atoms with E-state index in [1.807, 2.05) is 17.0 Å². The number of aromatic nitrogens is 2. The lowest BCUT2D eigenvalue weighted by molar-refractivity contribution is 0.0749. The normalized spacial score (nSPS) is 10.8. The molecule has 2 rings (SSSR count). The van der Waals surface area contributed by atoms with E-state index in [0.29, 0.717) is 17.4 Å². The highest BCUT2D eigenvalue weighted by Gasteiger charge is 2.16. The molecule has 1 aromatic carbocycles. The number of nitrogens with zero attached hydrogens (tertiary/aromatic N) is 3. The van der Waals surface area contributed by atoms with Gasteiger partial charge < -0.3 is 10.2 Å². The number of anilines is 2. The van der Waals surface area contributed by atoms with Crippen molar-refractivity contribution in [2.24, 2.45) is 0 Å². The minimum atomic E-state index is -0.0518. The molecule has 0 fully saturated rings. The van der Waals surface area contributed by atoms with Crippen LogP contribution in [0.1, 0.15) is 62.5 Å². The van der Waals surface area contributed by atoms with Crippen molar-refractivity contribution in [1.82, 2.24) is 14.9 Å². The van der Waals surface area contributed by atoms with E-state index in [-0.39, 0.29) is 5.91 Å². The Balaban J connectivity index is 2.04. The zero-order chi connectivity index (χ0) is 18.2. The molecule has 1 heterocycles. The SMILES string of the molecule is CCCN(CCC)C(=O)c1cnc(Nc2ccc(C(C)C)cc2)cn1. The fraction of sp³-hybridized carbons (Fsp3) is 0.450. The highest BCUT2D eigenvalue weighted by atomic mass is 16.2. The third kappa shape index (κ3) is 5.28. The Kier molecular flexibility index (Phi) is 6.92. The van der Waals surface area contributed by atoms with Crippen LogP contribution in [-0.4, -0.2) is 33.9 Å². The molecule has 0 aliphatic carbocycles. The number of nitrogens with one attached hydrogen (secondary N) is 1. The first kappa shape index (κ1) is 18.9. The van der Waals surface area contributed by atoms with E-state index in [9.17, 15) is 4.79 Å². The molecule has 0 radical (unpaired) electrons. The Morgan fingerprint density at radius 1 is 1.04 bits per heavy atom. The Labute approximate surface area is 150 Å². The molecule has 5 nitrogen and oxygen atoms in total. The molecule has 134 valence electrons. The summed E-state index contributed by atoms with van der Waals surface area (Å²) in [4.78, 5) is 23.0. The van der Waals surface area contributed by atoms with Crippen LogP contribution in [0.3, 0.4) is 0 Å². The van der Waals surface area contributed by atoms with Crippen LogP contribution in [0.15, 0.2) is 36.7 Å². The van der Waals surface area contributed by atoms with Gasteiger partial charge in [0, 0.05) is 18.8 Å². The minimum Gasteiger partial charge on any atom is -0.339 e. The summed E-state index contributed by atoms with van der Waals surface area (Å²) in [6.07, 6.45) is 5.03. The molecular formula is C20H28N4O. The fourth-order valence-electron chi connectivity index (χ4n) is 2.62. The molecule has 1 N–H and O–H groups in total. The molecule has 0 unspecified atom stereocenters. The zero-order valence-electron chi connectivity index (χ0n) is 15.6. The predicted molar refractivity (Wildman–Crippen MR) is 102 cm³/mol. The molecule has 0 aliphatic heterocycles. The minimum absolute atomic E-state index is 0.0518. The van der Waals surface area contributed by atoms with Gasteiger partial charge in [-0.05, 0) is 36.5 Å². The highest BCUT2D eigenvalue weighted by Crippen LogP contribution is 2.19. The van der Waals surface area contributed by atoms with Gasteiger partial charge in [0.05, 0.1) is 12.4 Å². The summed E-state index contributed by atoms with van der Waals surface area (Å²) < 4.78 is 0. The topological polar surface area (TPSA) is 58.1 Å². The number of rotatable bonds is 8. The van der Waals surface area contributed by atoms with Crippen molar-refractivity contribution in [1.29, 1.82) is 0 Å². The Morgan fingerprint density at radius 3 is 2.16 bits per heavy atom. The molecule has 0 atom stereocenters. The number of amides is 1. The third-order valence-corrected chi connectivity index (χ3v) is 3.99. The van der Waals surface area contributed by atoms with Crippen LogP contribution in [0.5, 0.6) is 0 Å². The number of carbonyl (C=O) groups excluding carboxylic acids is 1. The predicted octanol–water partition coefficient (Wildman–Crippen LogP) is 4.61. The molecule has 2 aromatic rings. The first-order valence-corrected chi connectivity index (χ1v) is 9.03. The smallest absolute Gasteiger partial charge is 0.274 e. The van der Waals surface area contributed by atoms with Crippen molar-refractivity contribution in [3.63, 3.8) is 0 Å². The van der Waals surface area contributed by atoms with E-state index >= 15 is 0 Å². The van der Waals surface area contributed by atoms with Crippen LogP contribution in [-0.2, 0) is 0 Å². The van der Waals surface area contributed by atoms with Gasteiger partial charge >= 0.3 is 0 Å². The van der Waals surface area contributed by atoms with Crippen molar-refractivity contribution in [3.05, 3.63) is 47.9 Å². The van der Waals surface area contributed by atoms with E-state index in [2.05, 4.69) is 55.1 Å². The number of carbonyl (C=O) groups is 1. The van der Waals surface area contributed by atoms with Gasteiger partial charge in [0.15, 0.2) is 0 Å². The summed E-state index contributed by atoms with van der Waals surface area (Å²) in [5, 5.41) is 3.22. The fourth-order valence-corrected chi connectivity index (χ4v) is 2.62. The summed E-state index contributed by atoms with van der Waals surface area (Å²) in [5.74, 6) is 1.09. The maximum absolute atomic E-state index is 12.5. The molecule has 0 saturated carbocycles. The van der Waals surface area contributed by atoms with Crippen LogP contribution in [0, 0.1) is 0 Å². The molecule has 0 saturated heterocycles. The summed E-state index contributed by atoms with van der Waals surface area (Å²) in [7, 11) is 0. The van der Waals surface area contributed by atoms with Crippen LogP contribution in [0.25, 0.3) is 0 Å². The largest absolute Gasteiger partial charge is 0.339 e. The lowest BCUT2D eigenvalue weighted by Gasteiger charge is -2.20. The highest BCUT2D eigenvalue weighted by molar-refractivity contribution is 5.92. The zero-order valence-corrected chi connectivity index (χ0v) is 15.6. The van der Waals surface area contributed by atoms with Crippen LogP contribution < -0.4 is 5.32 Å². The van der Waals surface area contributed by atoms with Gasteiger partial charge in [-0.15, -0.1) is 0 Å². The van der Waals surface area contributed by atoms with E-state index in [0.717, 1.165) is 31.6 Å². The molecule has 0 spiro atoms. The van der Waals surface area contributed by atoms with E-state index in [1.54, 1.807) is 12.4 Å². The van der Waals surface area contributed by atoms with Gasteiger partial charge in [-0.25, -0.2) is 9.97 Å². The molecule has 1 aromatic heterocycles. The maximum Gasteiger partial charge on any atom is 0.274 e. The molecule has 1 amide bonds. The molecule has 0 aliphatic rings. The summed E-state index contributed by atoms with van der Waals surface area (Å²) in [5.41, 5.74) is 2.64. The second-order valence-corrected chi connectivity index (χ2v) is 6.48. The summed E-state index contributed by atoms with van der Waals surface area (Å²) >= 11 is 0. The number of benzene rings is 1. The van der Waals surface area contributed by atoms with Crippen molar-refractivity contribution in [3.8, 4) is 0 Å². The van der Waals surface area contributed by atoms with Crippen LogP contribution in [0.4, 0.5) is 11.5 Å². The quantitative estimate of drug-likeness (QED) is 0.762. The van der Waals surface area contributed by atoms with Crippen LogP contribution >= 0.6 is 0 Å². The van der Waals surface area contributed by atoms with E-state index < -0.39 is 0 Å². The van der Waals surface area contributed by atoms with Gasteiger partial charge in [0.1, 0.15) is 11.5 Å². The average molecular weight is 340 g/mol. The van der Waals surface area contributed by atoms with Crippen molar-refractivity contribution >= 4 is 17.4 Å². The molecule has 0 bridgehead atoms. The first-order valence-electron chi connectivity index (χ1n) is 9.03. The van der Waals surface area contributed by atoms with Gasteiger partial charge in [0.25, 0.3) is 5.91 Å². The summed E-state index contributed by atoms with van der Waals surface area (Å²) in [6.45, 7) is 9.97. The lowest BCUT2D eigenvalue weighted by Crippen LogP contribution is -2.33.